The first-order valence-corrected chi connectivity index (χ1v) is 9.52. The van der Waals surface area contributed by atoms with E-state index < -0.39 is 0 Å². The number of hydrogen-bond acceptors (Lipinski definition) is 7. The number of nitrogens with zero attached hydrogens (tertiary/aromatic N) is 4. The van der Waals surface area contributed by atoms with Gasteiger partial charge in [-0.05, 0) is 42.0 Å². The molecular weight excluding hydrogens is 401 g/mol. The van der Waals surface area contributed by atoms with Gasteiger partial charge in [0.05, 0.1) is 26.8 Å². The van der Waals surface area contributed by atoms with Crippen LogP contribution >= 0.6 is 0 Å². The highest BCUT2D eigenvalue weighted by molar-refractivity contribution is 5.91. The molecule has 2 aromatic heterocycles. The Labute approximate surface area is 178 Å². The summed E-state index contributed by atoms with van der Waals surface area (Å²) in [5.74, 6) is 3.15. The van der Waals surface area contributed by atoms with Crippen molar-refractivity contribution >= 4 is 22.5 Å². The second-order valence-electron chi connectivity index (χ2n) is 6.84. The Kier molecular flexibility index (Phi) is 5.57. The lowest BCUT2D eigenvalue weighted by atomic mass is 10.1. The van der Waals surface area contributed by atoms with Gasteiger partial charge in [0.2, 0.25) is 5.75 Å². The Morgan fingerprint density at radius 1 is 1.00 bits per heavy atom. The molecule has 0 unspecified atom stereocenters. The maximum atomic E-state index is 13.7. The van der Waals surface area contributed by atoms with Crippen LogP contribution < -0.4 is 19.1 Å². The molecule has 4 aromatic rings. The summed E-state index contributed by atoms with van der Waals surface area (Å²) >= 11 is 0. The van der Waals surface area contributed by atoms with Gasteiger partial charge in [0.1, 0.15) is 17.5 Å². The van der Waals surface area contributed by atoms with Crippen molar-refractivity contribution in [3.05, 3.63) is 59.8 Å². The summed E-state index contributed by atoms with van der Waals surface area (Å²) in [4.78, 5) is 10.8. The number of fused-ring (bicyclic) bond motifs is 1. The fourth-order valence-corrected chi connectivity index (χ4v) is 3.42. The van der Waals surface area contributed by atoms with Crippen LogP contribution in [0.4, 0.5) is 16.0 Å². The number of halogens is 1. The summed E-state index contributed by atoms with van der Waals surface area (Å²) in [6, 6.07) is 10.0. The summed E-state index contributed by atoms with van der Waals surface area (Å²) < 4.78 is 29.9. The largest absolute Gasteiger partial charge is 0.493 e. The number of nitrogens with one attached hydrogen (secondary N) is 1. The van der Waals surface area contributed by atoms with Crippen molar-refractivity contribution in [1.82, 2.24) is 20.2 Å². The lowest BCUT2D eigenvalue weighted by molar-refractivity contribution is 0.324. The lowest BCUT2D eigenvalue weighted by Crippen LogP contribution is -2.13. The molecule has 31 heavy (non-hydrogen) atoms. The maximum absolute atomic E-state index is 13.7. The Hall–Kier alpha value is -3.88. The molecule has 9 heteroatoms. The van der Waals surface area contributed by atoms with E-state index in [4.69, 9.17) is 14.2 Å². The number of anilines is 2. The van der Waals surface area contributed by atoms with Crippen molar-refractivity contribution in [2.24, 2.45) is 0 Å². The molecule has 0 atom stereocenters. The molecule has 0 aliphatic rings. The SMILES string of the molecule is COc1cc(Cc2nccc(N(C)c3n[nH]c4ccc(F)cc34)n2)cc(OC)c1OC. The Morgan fingerprint density at radius 2 is 1.74 bits per heavy atom. The molecule has 8 nitrogen and oxygen atoms in total. The third kappa shape index (κ3) is 3.94. The molecule has 0 saturated heterocycles. The van der Waals surface area contributed by atoms with E-state index in [0.717, 1.165) is 11.1 Å². The minimum Gasteiger partial charge on any atom is -0.493 e. The molecular formula is C22H22FN5O3. The van der Waals surface area contributed by atoms with Crippen LogP contribution in [0.3, 0.4) is 0 Å². The highest BCUT2D eigenvalue weighted by Crippen LogP contribution is 2.38. The molecule has 2 aromatic carbocycles. The van der Waals surface area contributed by atoms with E-state index in [1.165, 1.54) is 12.1 Å². The first-order chi connectivity index (χ1) is 15.0. The van der Waals surface area contributed by atoms with E-state index in [0.29, 0.717) is 46.5 Å². The van der Waals surface area contributed by atoms with Crippen LogP contribution in [-0.4, -0.2) is 48.5 Å². The number of H-pyrrole nitrogens is 1. The van der Waals surface area contributed by atoms with Gasteiger partial charge < -0.3 is 19.1 Å². The van der Waals surface area contributed by atoms with Gasteiger partial charge in [0.25, 0.3) is 0 Å². The van der Waals surface area contributed by atoms with E-state index >= 15 is 0 Å². The van der Waals surface area contributed by atoms with Crippen molar-refractivity contribution in [2.75, 3.05) is 33.3 Å². The van der Waals surface area contributed by atoms with Crippen molar-refractivity contribution in [3.63, 3.8) is 0 Å². The topological polar surface area (TPSA) is 85.4 Å². The fourth-order valence-electron chi connectivity index (χ4n) is 3.42. The third-order valence-corrected chi connectivity index (χ3v) is 4.94. The molecule has 4 rings (SSSR count). The molecule has 0 bridgehead atoms. The normalized spacial score (nSPS) is 10.9. The zero-order valence-corrected chi connectivity index (χ0v) is 17.6. The quantitative estimate of drug-likeness (QED) is 0.483. The number of aromatic nitrogens is 4. The first kappa shape index (κ1) is 20.4. The van der Waals surface area contributed by atoms with E-state index in [9.17, 15) is 4.39 Å². The zero-order chi connectivity index (χ0) is 22.0. The third-order valence-electron chi connectivity index (χ3n) is 4.94. The molecule has 160 valence electrons. The van der Waals surface area contributed by atoms with Crippen LogP contribution in [0.5, 0.6) is 17.2 Å². The summed E-state index contributed by atoms with van der Waals surface area (Å²) in [6.45, 7) is 0. The van der Waals surface area contributed by atoms with Crippen LogP contribution in [0, 0.1) is 5.82 Å². The van der Waals surface area contributed by atoms with Crippen molar-refractivity contribution in [3.8, 4) is 17.2 Å². The predicted molar refractivity (Wildman–Crippen MR) is 115 cm³/mol. The van der Waals surface area contributed by atoms with Crippen LogP contribution in [0.25, 0.3) is 10.9 Å². The fraction of sp³-hybridized carbons (Fsp3) is 0.227. The van der Waals surface area contributed by atoms with Gasteiger partial charge in [0.15, 0.2) is 17.3 Å². The summed E-state index contributed by atoms with van der Waals surface area (Å²) in [6.07, 6.45) is 2.13. The Bertz CT molecular complexity index is 1200. The van der Waals surface area contributed by atoms with E-state index in [-0.39, 0.29) is 5.82 Å². The van der Waals surface area contributed by atoms with Gasteiger partial charge in [-0.1, -0.05) is 0 Å². The zero-order valence-electron chi connectivity index (χ0n) is 17.6. The first-order valence-electron chi connectivity index (χ1n) is 9.52. The maximum Gasteiger partial charge on any atom is 0.203 e. The molecule has 0 aliphatic heterocycles. The number of benzene rings is 2. The van der Waals surface area contributed by atoms with Gasteiger partial charge in [-0.3, -0.25) is 5.10 Å². The minimum absolute atomic E-state index is 0.325. The molecule has 0 spiro atoms. The van der Waals surface area contributed by atoms with Crippen molar-refractivity contribution in [2.45, 2.75) is 6.42 Å². The van der Waals surface area contributed by atoms with Crippen LogP contribution in [0.2, 0.25) is 0 Å². The summed E-state index contributed by atoms with van der Waals surface area (Å²) in [5.41, 5.74) is 1.65. The molecule has 0 radical (unpaired) electrons. The minimum atomic E-state index is -0.325. The summed E-state index contributed by atoms with van der Waals surface area (Å²) in [7, 11) is 6.54. The Balaban J connectivity index is 1.65. The van der Waals surface area contributed by atoms with Gasteiger partial charge in [-0.25, -0.2) is 14.4 Å². The highest BCUT2D eigenvalue weighted by Gasteiger charge is 2.16. The molecule has 2 heterocycles. The average molecular weight is 423 g/mol. The molecule has 0 aliphatic carbocycles. The van der Waals surface area contributed by atoms with Gasteiger partial charge in [-0.2, -0.15) is 5.10 Å². The average Bonchev–Trinajstić information content (AvgIpc) is 3.21. The Morgan fingerprint density at radius 3 is 2.42 bits per heavy atom. The molecule has 0 amide bonds. The van der Waals surface area contributed by atoms with Crippen LogP contribution in [0.15, 0.2) is 42.6 Å². The van der Waals surface area contributed by atoms with Crippen LogP contribution in [0.1, 0.15) is 11.4 Å². The number of aromatic amines is 1. The van der Waals surface area contributed by atoms with Crippen molar-refractivity contribution in [1.29, 1.82) is 0 Å². The molecule has 1 N–H and O–H groups in total. The number of rotatable bonds is 7. The van der Waals surface area contributed by atoms with Crippen LogP contribution in [-0.2, 0) is 6.42 Å². The predicted octanol–water partition coefficient (Wildman–Crippen LogP) is 3.88. The monoisotopic (exact) mass is 423 g/mol. The van der Waals surface area contributed by atoms with Gasteiger partial charge in [0, 0.05) is 25.1 Å². The van der Waals surface area contributed by atoms with E-state index in [1.807, 2.05) is 19.2 Å². The standard InChI is InChI=1S/C22H22FN5O3/c1-28(22-15-12-14(23)5-6-16(15)26-27-22)20-7-8-24-19(25-20)11-13-9-17(29-2)21(31-4)18(10-13)30-3/h5-10,12H,11H2,1-4H3,(H,26,27). The number of methoxy groups -OCH3 is 3. The van der Waals surface area contributed by atoms with E-state index in [1.54, 1.807) is 44.6 Å². The summed E-state index contributed by atoms with van der Waals surface area (Å²) in [5, 5.41) is 7.91. The smallest absolute Gasteiger partial charge is 0.203 e. The lowest BCUT2D eigenvalue weighted by Gasteiger charge is -2.17. The number of hydrogen-bond donors (Lipinski definition) is 1. The molecule has 0 fully saturated rings. The second kappa shape index (κ2) is 8.47. The number of ether oxygens (including phenoxy) is 3. The van der Waals surface area contributed by atoms with Gasteiger partial charge in [-0.15, -0.1) is 0 Å². The highest BCUT2D eigenvalue weighted by atomic mass is 19.1. The second-order valence-corrected chi connectivity index (χ2v) is 6.84. The van der Waals surface area contributed by atoms with E-state index in [2.05, 4.69) is 20.2 Å². The van der Waals surface area contributed by atoms with Gasteiger partial charge >= 0.3 is 0 Å². The van der Waals surface area contributed by atoms with Crippen molar-refractivity contribution < 1.29 is 18.6 Å². The molecule has 0 saturated carbocycles.